The zero-order chi connectivity index (χ0) is 7.72. The van der Waals surface area contributed by atoms with Gasteiger partial charge in [0.15, 0.2) is 15.5 Å². The Morgan fingerprint density at radius 2 is 1.40 bits per heavy atom. The first kappa shape index (κ1) is 8.53. The summed E-state index contributed by atoms with van der Waals surface area (Å²) >= 11 is 19.5. The van der Waals surface area contributed by atoms with E-state index in [9.17, 15) is 0 Å². The summed E-state index contributed by atoms with van der Waals surface area (Å²) in [6.07, 6.45) is 0. The van der Waals surface area contributed by atoms with Gasteiger partial charge in [0.1, 0.15) is 4.60 Å². The van der Waals surface area contributed by atoms with Crippen LogP contribution in [0.1, 0.15) is 0 Å². The van der Waals surface area contributed by atoms with Gasteiger partial charge in [-0.2, -0.15) is 0 Å². The highest BCUT2D eigenvalue weighted by Gasteiger charge is 2.05. The molecule has 0 fully saturated rings. The molecule has 0 aliphatic carbocycles. The van der Waals surface area contributed by atoms with E-state index in [1.165, 1.54) is 0 Å². The van der Waals surface area contributed by atoms with Gasteiger partial charge in [-0.3, -0.25) is 0 Å². The Labute approximate surface area is 80.6 Å². The van der Waals surface area contributed by atoms with Crippen molar-refractivity contribution in [1.29, 1.82) is 0 Å². The van der Waals surface area contributed by atoms with E-state index < -0.39 is 0 Å². The van der Waals surface area contributed by atoms with Crippen LogP contribution in [0.3, 0.4) is 0 Å². The fraction of sp³-hybridized carbons (Fsp3) is 0. The van der Waals surface area contributed by atoms with Crippen molar-refractivity contribution in [3.8, 4) is 0 Å². The van der Waals surface area contributed by atoms with Gasteiger partial charge in [0.05, 0.1) is 0 Å². The summed E-state index contributed by atoms with van der Waals surface area (Å²) in [4.78, 5) is 7.39. The highest BCUT2D eigenvalue weighted by atomic mass is 79.9. The quantitative estimate of drug-likeness (QED) is 0.717. The van der Waals surface area contributed by atoms with Crippen LogP contribution in [-0.2, 0) is 0 Å². The lowest BCUT2D eigenvalue weighted by Crippen LogP contribution is -1.85. The smallest absolute Gasteiger partial charge is 0.168 e. The van der Waals surface area contributed by atoms with Crippen molar-refractivity contribution in [2.24, 2.45) is 0 Å². The van der Waals surface area contributed by atoms with E-state index in [1.807, 2.05) is 0 Å². The highest BCUT2D eigenvalue weighted by Crippen LogP contribution is 2.24. The predicted molar refractivity (Wildman–Crippen MR) is 44.8 cm³/mol. The molecule has 0 unspecified atom stereocenters. The number of aromatic nitrogens is 2. The number of nitrogens with zero attached hydrogens (tertiary/aromatic N) is 2. The Balaban J connectivity index is 3.28. The topological polar surface area (TPSA) is 25.8 Å². The SMILES string of the molecule is Clc1nc(Cl)c(Br)nc1Cl. The van der Waals surface area contributed by atoms with E-state index in [-0.39, 0.29) is 15.5 Å². The molecule has 2 nitrogen and oxygen atoms in total. The van der Waals surface area contributed by atoms with Crippen LogP contribution in [0, 0.1) is 0 Å². The second-order valence-electron chi connectivity index (χ2n) is 1.39. The van der Waals surface area contributed by atoms with E-state index in [2.05, 4.69) is 25.9 Å². The lowest BCUT2D eigenvalue weighted by atomic mass is 10.8. The van der Waals surface area contributed by atoms with Crippen molar-refractivity contribution >= 4 is 50.7 Å². The fourth-order valence-electron chi connectivity index (χ4n) is 0.357. The minimum atomic E-state index is 0.106. The molecule has 0 aliphatic heterocycles. The molecule has 54 valence electrons. The average Bonchev–Trinajstić information content (AvgIpc) is 1.84. The van der Waals surface area contributed by atoms with Crippen molar-refractivity contribution in [2.75, 3.05) is 0 Å². The molecule has 1 rings (SSSR count). The maximum absolute atomic E-state index is 5.52. The molecule has 0 bridgehead atoms. The van der Waals surface area contributed by atoms with Gasteiger partial charge in [0.25, 0.3) is 0 Å². The summed E-state index contributed by atoms with van der Waals surface area (Å²) in [6.45, 7) is 0. The van der Waals surface area contributed by atoms with Gasteiger partial charge < -0.3 is 0 Å². The van der Waals surface area contributed by atoms with Gasteiger partial charge >= 0.3 is 0 Å². The molecule has 0 saturated carbocycles. The third kappa shape index (κ3) is 1.72. The van der Waals surface area contributed by atoms with Gasteiger partial charge in [0, 0.05) is 0 Å². The molecular weight excluding hydrogens is 262 g/mol. The number of rotatable bonds is 0. The fourth-order valence-corrected chi connectivity index (χ4v) is 1.15. The summed E-state index contributed by atoms with van der Waals surface area (Å²) in [7, 11) is 0. The second kappa shape index (κ2) is 3.22. The van der Waals surface area contributed by atoms with E-state index in [0.29, 0.717) is 4.60 Å². The first-order chi connectivity index (χ1) is 4.61. The van der Waals surface area contributed by atoms with E-state index in [4.69, 9.17) is 34.8 Å². The summed E-state index contributed by atoms with van der Waals surface area (Å²) < 4.78 is 0.392. The second-order valence-corrected chi connectivity index (χ2v) is 3.21. The third-order valence-corrected chi connectivity index (χ3v) is 2.40. The first-order valence-electron chi connectivity index (χ1n) is 2.15. The van der Waals surface area contributed by atoms with E-state index in [1.54, 1.807) is 0 Å². The van der Waals surface area contributed by atoms with Crippen molar-refractivity contribution in [3.05, 3.63) is 20.1 Å². The maximum atomic E-state index is 5.52. The monoisotopic (exact) mass is 260 g/mol. The molecule has 0 aromatic carbocycles. The molecule has 0 spiro atoms. The Hall–Kier alpha value is 0.430. The molecule has 1 aromatic heterocycles. The van der Waals surface area contributed by atoms with E-state index in [0.717, 1.165) is 0 Å². The lowest BCUT2D eigenvalue weighted by Gasteiger charge is -1.95. The molecule has 0 N–H and O–H groups in total. The largest absolute Gasteiger partial charge is 0.223 e. The number of hydrogen-bond acceptors (Lipinski definition) is 2. The predicted octanol–water partition coefficient (Wildman–Crippen LogP) is 3.20. The van der Waals surface area contributed by atoms with Gasteiger partial charge in [0.2, 0.25) is 0 Å². The summed E-state index contributed by atoms with van der Waals surface area (Å²) in [5.41, 5.74) is 0. The molecule has 6 heteroatoms. The summed E-state index contributed by atoms with van der Waals surface area (Å²) in [6, 6.07) is 0. The highest BCUT2D eigenvalue weighted by molar-refractivity contribution is 9.10. The van der Waals surface area contributed by atoms with Gasteiger partial charge in [-0.15, -0.1) is 0 Å². The van der Waals surface area contributed by atoms with Crippen LogP contribution in [0.5, 0.6) is 0 Å². The van der Waals surface area contributed by atoms with Crippen molar-refractivity contribution in [1.82, 2.24) is 9.97 Å². The third-order valence-electron chi connectivity index (χ3n) is 0.733. The van der Waals surface area contributed by atoms with Gasteiger partial charge in [-0.25, -0.2) is 9.97 Å². The van der Waals surface area contributed by atoms with Crippen LogP contribution in [0.2, 0.25) is 15.5 Å². The Bertz CT molecular complexity index is 215. The minimum absolute atomic E-state index is 0.106. The van der Waals surface area contributed by atoms with Crippen molar-refractivity contribution < 1.29 is 0 Å². The summed E-state index contributed by atoms with van der Waals surface area (Å²) in [5.74, 6) is 0. The molecule has 0 saturated heterocycles. The van der Waals surface area contributed by atoms with Crippen LogP contribution in [0.15, 0.2) is 4.60 Å². The maximum Gasteiger partial charge on any atom is 0.168 e. The molecule has 0 radical (unpaired) electrons. The standard InChI is InChI=1S/C4BrCl3N2/c5-1-2(6)10-4(8)3(7)9-1. The zero-order valence-electron chi connectivity index (χ0n) is 4.41. The normalized spacial score (nSPS) is 10.0. The Morgan fingerprint density at radius 1 is 0.900 bits per heavy atom. The minimum Gasteiger partial charge on any atom is -0.223 e. The van der Waals surface area contributed by atoms with Gasteiger partial charge in [-0.05, 0) is 15.9 Å². The molecular formula is C4BrCl3N2. The van der Waals surface area contributed by atoms with Crippen molar-refractivity contribution in [2.45, 2.75) is 0 Å². The number of hydrogen-bond donors (Lipinski definition) is 0. The number of halogens is 4. The zero-order valence-corrected chi connectivity index (χ0v) is 8.26. The first-order valence-corrected chi connectivity index (χ1v) is 4.08. The lowest BCUT2D eigenvalue weighted by molar-refractivity contribution is 1.17. The molecule has 10 heavy (non-hydrogen) atoms. The Morgan fingerprint density at radius 3 is 1.90 bits per heavy atom. The molecule has 0 atom stereocenters. The van der Waals surface area contributed by atoms with Gasteiger partial charge in [-0.1, -0.05) is 34.8 Å². The molecule has 1 aromatic rings. The Kier molecular flexibility index (Phi) is 2.74. The molecule has 0 aliphatic rings. The van der Waals surface area contributed by atoms with Crippen LogP contribution >= 0.6 is 50.7 Å². The summed E-state index contributed by atoms with van der Waals surface area (Å²) in [5, 5.41) is 0.446. The average molecular weight is 262 g/mol. The van der Waals surface area contributed by atoms with Crippen LogP contribution < -0.4 is 0 Å². The van der Waals surface area contributed by atoms with Crippen LogP contribution in [0.4, 0.5) is 0 Å². The van der Waals surface area contributed by atoms with E-state index >= 15 is 0 Å². The van der Waals surface area contributed by atoms with Crippen LogP contribution in [-0.4, -0.2) is 9.97 Å². The van der Waals surface area contributed by atoms with Crippen LogP contribution in [0.25, 0.3) is 0 Å². The molecule has 1 heterocycles. The van der Waals surface area contributed by atoms with Crippen molar-refractivity contribution in [3.63, 3.8) is 0 Å². The molecule has 0 amide bonds.